The second-order valence-corrected chi connectivity index (χ2v) is 17.4. The molecule has 224 valence electrons. The number of rotatable bonds is 2. The van der Waals surface area contributed by atoms with Crippen molar-refractivity contribution < 1.29 is 37.6 Å². The van der Waals surface area contributed by atoms with Gasteiger partial charge >= 0.3 is 6.80 Å². The monoisotopic (exact) mass is 660 g/mol. The number of aromatic nitrogens is 8. The van der Waals surface area contributed by atoms with Crippen molar-refractivity contribution >= 4 is 70.4 Å². The van der Waals surface area contributed by atoms with Crippen LogP contribution in [0.2, 0.25) is 0 Å². The molecule has 0 amide bonds. The number of ether oxygens (including phenoxy) is 1. The molecule has 2 aliphatic heterocycles. The largest absolute Gasteiger partial charge is 0.388 e. The van der Waals surface area contributed by atoms with Crippen molar-refractivity contribution in [3.63, 3.8) is 0 Å². The van der Waals surface area contributed by atoms with E-state index in [1.807, 2.05) is 0 Å². The molecule has 22 heteroatoms. The van der Waals surface area contributed by atoms with E-state index in [0.29, 0.717) is 11.4 Å². The van der Waals surface area contributed by atoms with Gasteiger partial charge < -0.3 is 40.2 Å². The zero-order valence-corrected chi connectivity index (χ0v) is 24.6. The number of aliphatic hydroxyl groups excluding tert-OH is 1. The summed E-state index contributed by atoms with van der Waals surface area (Å²) in [5.74, 6) is -0.106. The highest BCUT2D eigenvalue weighted by atomic mass is 32.7. The standard InChI is InChI=1S/C20H23FN10O7P2S2/c21-10-15-9(36-20(10)31-6-29-12-17(23)25-4-27-19(12)31)2-42-40(34,35)38-14-7(1-8(13(14)32)37-39(15,33)41)30-5-28-11-16(22)24-3-26-18(11)30/h3-10,13-15,20,32H,1-2H2,(H,33,41)(H,34,35)(H2,22,24,26)(H2,23,25,27)/t7-,8+,9-,10-,13-,14+,15-,20-,39?/m1/s1. The Morgan fingerprint density at radius 1 is 0.976 bits per heavy atom. The van der Waals surface area contributed by atoms with E-state index in [0.717, 1.165) is 0 Å². The molecule has 1 saturated carbocycles. The normalized spacial score (nSPS) is 39.0. The Hall–Kier alpha value is -2.38. The summed E-state index contributed by atoms with van der Waals surface area (Å²) in [6.45, 7) is -8.61. The van der Waals surface area contributed by atoms with E-state index in [2.05, 4.69) is 29.9 Å². The molecule has 0 aromatic carbocycles. The maximum Gasteiger partial charge on any atom is 0.387 e. The van der Waals surface area contributed by atoms with Crippen molar-refractivity contribution in [3.8, 4) is 0 Å². The number of anilines is 2. The van der Waals surface area contributed by atoms with Gasteiger partial charge in [-0.05, 0) is 23.2 Å². The van der Waals surface area contributed by atoms with Crippen LogP contribution in [0.25, 0.3) is 22.3 Å². The van der Waals surface area contributed by atoms with Gasteiger partial charge in [-0.1, -0.05) is 0 Å². The summed E-state index contributed by atoms with van der Waals surface area (Å²) in [5, 5.41) is 11.2. The van der Waals surface area contributed by atoms with Crippen LogP contribution < -0.4 is 11.5 Å². The van der Waals surface area contributed by atoms with E-state index in [9.17, 15) is 19.5 Å². The highest BCUT2D eigenvalue weighted by Gasteiger charge is 2.58. The molecule has 4 aromatic rings. The third-order valence-corrected chi connectivity index (χ3v) is 13.5. The van der Waals surface area contributed by atoms with Gasteiger partial charge in [0.15, 0.2) is 41.8 Å². The first kappa shape index (κ1) is 28.4. The molecule has 2 saturated heterocycles. The fraction of sp³-hybridized carbons (Fsp3) is 0.500. The lowest BCUT2D eigenvalue weighted by atomic mass is 10.2. The van der Waals surface area contributed by atoms with Gasteiger partial charge in [-0.15, -0.1) is 0 Å². The molecule has 0 spiro atoms. The Morgan fingerprint density at radius 2 is 1.60 bits per heavy atom. The van der Waals surface area contributed by atoms with Crippen molar-refractivity contribution in [1.82, 2.24) is 39.0 Å². The van der Waals surface area contributed by atoms with Crippen molar-refractivity contribution in [1.29, 1.82) is 0 Å². The molecule has 42 heavy (non-hydrogen) atoms. The molecule has 2 bridgehead atoms. The molecule has 6 heterocycles. The topological polar surface area (TPSA) is 245 Å². The van der Waals surface area contributed by atoms with Gasteiger partial charge in [-0.25, -0.2) is 38.9 Å². The number of fused-ring (bicyclic) bond motifs is 5. The lowest BCUT2D eigenvalue weighted by molar-refractivity contribution is -0.00792. The van der Waals surface area contributed by atoms with Crippen LogP contribution in [0.15, 0.2) is 25.3 Å². The Bertz CT molecular complexity index is 1800. The lowest BCUT2D eigenvalue weighted by Gasteiger charge is -2.30. The molecule has 4 aromatic heterocycles. The van der Waals surface area contributed by atoms with E-state index in [1.54, 1.807) is 0 Å². The molecule has 7 rings (SSSR count). The van der Waals surface area contributed by atoms with Crippen LogP contribution in [0, 0.1) is 0 Å². The van der Waals surface area contributed by atoms with Crippen molar-refractivity contribution in [2.75, 3.05) is 17.2 Å². The molecular weight excluding hydrogens is 637 g/mol. The van der Waals surface area contributed by atoms with Crippen LogP contribution in [-0.2, 0) is 30.2 Å². The lowest BCUT2D eigenvalue weighted by Crippen LogP contribution is -2.36. The molecule has 1 aliphatic carbocycles. The van der Waals surface area contributed by atoms with Crippen LogP contribution in [0.3, 0.4) is 0 Å². The second-order valence-electron chi connectivity index (χ2n) is 10.0. The van der Waals surface area contributed by atoms with Crippen molar-refractivity contribution in [2.45, 2.75) is 54.9 Å². The summed E-state index contributed by atoms with van der Waals surface area (Å²) in [6, 6.07) is -0.841. The zero-order valence-electron chi connectivity index (χ0n) is 21.1. The molecular formula is C20H23FN10O7P2S2. The van der Waals surface area contributed by atoms with Gasteiger partial charge in [-0.2, -0.15) is 0 Å². The molecule has 0 radical (unpaired) electrons. The van der Waals surface area contributed by atoms with Crippen molar-refractivity contribution in [3.05, 3.63) is 25.3 Å². The number of hydrogen-bond donors (Lipinski definition) is 5. The Labute approximate surface area is 244 Å². The van der Waals surface area contributed by atoms with Gasteiger partial charge in [0, 0.05) is 12.2 Å². The molecule has 17 nitrogen and oxygen atoms in total. The van der Waals surface area contributed by atoms with Gasteiger partial charge in [0.25, 0.3) is 0 Å². The Balaban J connectivity index is 1.25. The van der Waals surface area contributed by atoms with E-state index < -0.39 is 61.8 Å². The fourth-order valence-electron chi connectivity index (χ4n) is 5.70. The Morgan fingerprint density at radius 3 is 2.26 bits per heavy atom. The minimum Gasteiger partial charge on any atom is -0.388 e. The molecule has 2 unspecified atom stereocenters. The van der Waals surface area contributed by atoms with E-state index in [-0.39, 0.29) is 46.1 Å². The minimum atomic E-state index is -4.50. The number of nitrogen functional groups attached to an aromatic ring is 2. The quantitative estimate of drug-likeness (QED) is 0.185. The number of alkyl halides is 1. The number of halogens is 1. The first-order valence-electron chi connectivity index (χ1n) is 12.5. The summed E-state index contributed by atoms with van der Waals surface area (Å²) in [7, 11) is 0. The number of aliphatic hydroxyl groups is 1. The molecule has 10 atom stereocenters. The zero-order chi connectivity index (χ0) is 29.6. The van der Waals surface area contributed by atoms with E-state index in [1.165, 1.54) is 34.4 Å². The third kappa shape index (κ3) is 4.52. The summed E-state index contributed by atoms with van der Waals surface area (Å²) < 4.78 is 50.0. The number of nitrogens with two attached hydrogens (primary N) is 2. The molecule has 3 fully saturated rings. The van der Waals surface area contributed by atoms with Gasteiger partial charge in [0.05, 0.1) is 36.6 Å². The SMILES string of the molecule is Nc1ncnc2c1ncn2[C@@H]1C[C@@H]2OP(O)(=S)[C@H]3[C@@H](F)[C@H](n4cnc5c(N)ncnc54)O[C@@H]3CSP(=O)(O)O[C@@H]1[C@@H]2O. The highest BCUT2D eigenvalue weighted by Crippen LogP contribution is 2.65. The molecule has 7 N–H and O–H groups in total. The first-order valence-corrected chi connectivity index (χ1v) is 18.4. The summed E-state index contributed by atoms with van der Waals surface area (Å²) in [6.07, 6.45) is -3.54. The number of hydrogen-bond acceptors (Lipinski definition) is 15. The predicted octanol–water partition coefficient (Wildman–Crippen LogP) is 0.660. The smallest absolute Gasteiger partial charge is 0.387 e. The van der Waals surface area contributed by atoms with Crippen LogP contribution in [-0.4, -0.2) is 95.9 Å². The fourth-order valence-corrected chi connectivity index (χ4v) is 11.5. The van der Waals surface area contributed by atoms with Crippen LogP contribution in [0.5, 0.6) is 0 Å². The number of imidazole rings is 2. The van der Waals surface area contributed by atoms with Gasteiger partial charge in [0.1, 0.15) is 35.9 Å². The maximum absolute atomic E-state index is 16.3. The average molecular weight is 661 g/mol. The van der Waals surface area contributed by atoms with Crippen LogP contribution in [0.4, 0.5) is 16.0 Å². The first-order chi connectivity index (χ1) is 19.9. The van der Waals surface area contributed by atoms with Gasteiger partial charge in [0.2, 0.25) is 0 Å². The Kier molecular flexibility index (Phi) is 6.82. The maximum atomic E-state index is 16.3. The minimum absolute atomic E-state index is 0.0498. The summed E-state index contributed by atoms with van der Waals surface area (Å²) >= 11 is 5.98. The summed E-state index contributed by atoms with van der Waals surface area (Å²) in [4.78, 5) is 46.9. The average Bonchev–Trinajstić information content (AvgIpc) is 3.69. The predicted molar refractivity (Wildman–Crippen MR) is 150 cm³/mol. The van der Waals surface area contributed by atoms with Crippen LogP contribution in [0.1, 0.15) is 18.7 Å². The van der Waals surface area contributed by atoms with Crippen LogP contribution >= 0.6 is 24.7 Å². The number of nitrogens with zero attached hydrogens (tertiary/aromatic N) is 8. The van der Waals surface area contributed by atoms with E-state index >= 15 is 4.39 Å². The van der Waals surface area contributed by atoms with Crippen molar-refractivity contribution in [2.24, 2.45) is 0 Å². The molecule has 3 aliphatic rings. The summed E-state index contributed by atoms with van der Waals surface area (Å²) in [5.41, 5.74) is 11.3. The van der Waals surface area contributed by atoms with E-state index in [4.69, 9.17) is 37.1 Å². The van der Waals surface area contributed by atoms with Gasteiger partial charge in [-0.3, -0.25) is 9.09 Å². The second kappa shape index (κ2) is 10.1. The third-order valence-electron chi connectivity index (χ3n) is 7.59. The highest BCUT2D eigenvalue weighted by molar-refractivity contribution is 8.54.